The highest BCUT2D eigenvalue weighted by Crippen LogP contribution is 2.54. The number of pyridine rings is 1. The Morgan fingerprint density at radius 2 is 2.00 bits per heavy atom. The molecule has 0 saturated heterocycles. The number of hydrogen-bond donors (Lipinski definition) is 1. The maximum absolute atomic E-state index is 6.26. The van der Waals surface area contributed by atoms with E-state index in [-0.39, 0.29) is 6.04 Å². The molecule has 0 amide bonds. The molecule has 19 heavy (non-hydrogen) atoms. The second-order valence-electron chi connectivity index (χ2n) is 5.05. The molecule has 3 atom stereocenters. The van der Waals surface area contributed by atoms with Crippen LogP contribution in [-0.2, 0) is 0 Å². The van der Waals surface area contributed by atoms with Gasteiger partial charge in [0.25, 0.3) is 0 Å². The van der Waals surface area contributed by atoms with Crippen molar-refractivity contribution < 1.29 is 0 Å². The molecule has 1 aliphatic rings. The van der Waals surface area contributed by atoms with Gasteiger partial charge in [0.2, 0.25) is 0 Å². The standard InChI is InChI=1S/C16H17ClN2/c1-18-15(16-14(17)8-5-9-19-16)13-10-12(13)11-6-3-2-4-7-11/h2-9,12-13,15,18H,10H2,1H3. The molecule has 0 spiro atoms. The molecule has 1 N–H and O–H groups in total. The van der Waals surface area contributed by atoms with Crippen LogP contribution >= 0.6 is 11.6 Å². The van der Waals surface area contributed by atoms with Crippen molar-refractivity contribution in [1.29, 1.82) is 0 Å². The van der Waals surface area contributed by atoms with Crippen LogP contribution in [0.3, 0.4) is 0 Å². The normalized spacial score (nSPS) is 23.1. The van der Waals surface area contributed by atoms with E-state index < -0.39 is 0 Å². The molecule has 1 aliphatic carbocycles. The van der Waals surface area contributed by atoms with Crippen molar-refractivity contribution in [3.8, 4) is 0 Å². The maximum Gasteiger partial charge on any atom is 0.0761 e. The summed E-state index contributed by atoms with van der Waals surface area (Å²) in [6, 6.07) is 14.7. The summed E-state index contributed by atoms with van der Waals surface area (Å²) in [6.07, 6.45) is 3.01. The number of benzene rings is 1. The lowest BCUT2D eigenvalue weighted by molar-refractivity contribution is 0.505. The van der Waals surface area contributed by atoms with E-state index in [1.807, 2.05) is 25.4 Å². The van der Waals surface area contributed by atoms with Gasteiger partial charge in [0.05, 0.1) is 16.8 Å². The lowest BCUT2D eigenvalue weighted by Crippen LogP contribution is -2.20. The van der Waals surface area contributed by atoms with Crippen molar-refractivity contribution in [3.63, 3.8) is 0 Å². The lowest BCUT2D eigenvalue weighted by Gasteiger charge is -2.17. The third-order valence-corrected chi connectivity index (χ3v) is 4.21. The quantitative estimate of drug-likeness (QED) is 0.916. The van der Waals surface area contributed by atoms with E-state index in [0.717, 1.165) is 10.7 Å². The van der Waals surface area contributed by atoms with Crippen molar-refractivity contribution in [2.45, 2.75) is 18.4 Å². The second kappa shape index (κ2) is 5.32. The Morgan fingerprint density at radius 1 is 1.21 bits per heavy atom. The average molecular weight is 273 g/mol. The van der Waals surface area contributed by atoms with Crippen LogP contribution in [-0.4, -0.2) is 12.0 Å². The Kier molecular flexibility index (Phi) is 3.54. The van der Waals surface area contributed by atoms with E-state index in [9.17, 15) is 0 Å². The van der Waals surface area contributed by atoms with Crippen molar-refractivity contribution in [1.82, 2.24) is 10.3 Å². The number of nitrogens with zero attached hydrogens (tertiary/aromatic N) is 1. The SMILES string of the molecule is CNC(c1ncccc1Cl)C1CC1c1ccccc1. The highest BCUT2D eigenvalue weighted by Gasteiger charge is 2.44. The van der Waals surface area contributed by atoms with Crippen LogP contribution in [0, 0.1) is 5.92 Å². The van der Waals surface area contributed by atoms with Crippen molar-refractivity contribution >= 4 is 11.6 Å². The van der Waals surface area contributed by atoms with Gasteiger partial charge in [-0.2, -0.15) is 0 Å². The molecule has 0 aliphatic heterocycles. The number of nitrogens with one attached hydrogen (secondary N) is 1. The first-order chi connectivity index (χ1) is 9.31. The Hall–Kier alpha value is -1.38. The second-order valence-corrected chi connectivity index (χ2v) is 5.46. The van der Waals surface area contributed by atoms with E-state index in [4.69, 9.17) is 11.6 Å². The zero-order valence-electron chi connectivity index (χ0n) is 10.9. The number of halogens is 1. The van der Waals surface area contributed by atoms with Crippen LogP contribution < -0.4 is 5.32 Å². The number of hydrogen-bond acceptors (Lipinski definition) is 2. The fourth-order valence-corrected chi connectivity index (χ4v) is 3.09. The van der Waals surface area contributed by atoms with E-state index in [2.05, 4.69) is 40.6 Å². The van der Waals surface area contributed by atoms with Crippen LogP contribution in [0.15, 0.2) is 48.7 Å². The molecule has 2 aromatic rings. The highest BCUT2D eigenvalue weighted by atomic mass is 35.5. The summed E-state index contributed by atoms with van der Waals surface area (Å²) >= 11 is 6.26. The minimum Gasteiger partial charge on any atom is -0.311 e. The Labute approximate surface area is 118 Å². The van der Waals surface area contributed by atoms with Gasteiger partial charge in [-0.25, -0.2) is 0 Å². The average Bonchev–Trinajstić information content (AvgIpc) is 3.23. The van der Waals surface area contributed by atoms with Gasteiger partial charge in [-0.15, -0.1) is 0 Å². The van der Waals surface area contributed by atoms with Gasteiger partial charge in [0, 0.05) is 6.20 Å². The van der Waals surface area contributed by atoms with Gasteiger partial charge in [-0.05, 0) is 43.0 Å². The Bertz CT molecular complexity index is 556. The van der Waals surface area contributed by atoms with Gasteiger partial charge in [0.15, 0.2) is 0 Å². The van der Waals surface area contributed by atoms with Crippen LogP contribution in [0.25, 0.3) is 0 Å². The molecule has 2 nitrogen and oxygen atoms in total. The first-order valence-corrected chi connectivity index (χ1v) is 7.01. The fraction of sp³-hybridized carbons (Fsp3) is 0.312. The molecule has 1 aromatic carbocycles. The topological polar surface area (TPSA) is 24.9 Å². The van der Waals surface area contributed by atoms with Gasteiger partial charge in [-0.3, -0.25) is 4.98 Å². The Morgan fingerprint density at radius 3 is 2.68 bits per heavy atom. The van der Waals surface area contributed by atoms with E-state index in [0.29, 0.717) is 11.8 Å². The molecule has 1 aromatic heterocycles. The number of aromatic nitrogens is 1. The molecule has 3 heteroatoms. The molecule has 98 valence electrons. The summed E-state index contributed by atoms with van der Waals surface area (Å²) in [5.74, 6) is 1.21. The van der Waals surface area contributed by atoms with Crippen molar-refractivity contribution in [2.75, 3.05) is 7.05 Å². The molecule has 1 heterocycles. The largest absolute Gasteiger partial charge is 0.311 e. The Balaban J connectivity index is 1.81. The van der Waals surface area contributed by atoms with Gasteiger partial charge in [-0.1, -0.05) is 41.9 Å². The monoisotopic (exact) mass is 272 g/mol. The first-order valence-electron chi connectivity index (χ1n) is 6.64. The molecule has 3 unspecified atom stereocenters. The minimum atomic E-state index is 0.235. The minimum absolute atomic E-state index is 0.235. The summed E-state index contributed by atoms with van der Waals surface area (Å²) in [6.45, 7) is 0. The maximum atomic E-state index is 6.26. The number of rotatable bonds is 4. The highest BCUT2D eigenvalue weighted by molar-refractivity contribution is 6.31. The lowest BCUT2D eigenvalue weighted by atomic mass is 10.0. The smallest absolute Gasteiger partial charge is 0.0761 e. The molecule has 0 radical (unpaired) electrons. The summed E-state index contributed by atoms with van der Waals surface area (Å²) in [5.41, 5.74) is 2.38. The van der Waals surface area contributed by atoms with Crippen molar-refractivity contribution in [2.24, 2.45) is 5.92 Å². The predicted octanol–water partition coefficient (Wildman–Crippen LogP) is 3.80. The molecule has 3 rings (SSSR count). The third kappa shape index (κ3) is 2.51. The first kappa shape index (κ1) is 12.6. The van der Waals surface area contributed by atoms with E-state index in [1.54, 1.807) is 0 Å². The summed E-state index contributed by atoms with van der Waals surface area (Å²) in [4.78, 5) is 4.44. The van der Waals surface area contributed by atoms with Crippen LogP contribution in [0.1, 0.15) is 29.6 Å². The van der Waals surface area contributed by atoms with E-state index in [1.165, 1.54) is 12.0 Å². The van der Waals surface area contributed by atoms with Crippen molar-refractivity contribution in [3.05, 3.63) is 64.9 Å². The summed E-state index contributed by atoms with van der Waals surface area (Å²) < 4.78 is 0. The van der Waals surface area contributed by atoms with Gasteiger partial charge >= 0.3 is 0 Å². The zero-order chi connectivity index (χ0) is 13.2. The fourth-order valence-electron chi connectivity index (χ4n) is 2.85. The van der Waals surface area contributed by atoms with Crippen LogP contribution in [0.4, 0.5) is 0 Å². The molecule has 0 bridgehead atoms. The van der Waals surface area contributed by atoms with Gasteiger partial charge in [0.1, 0.15) is 0 Å². The zero-order valence-corrected chi connectivity index (χ0v) is 11.6. The van der Waals surface area contributed by atoms with Crippen LogP contribution in [0.5, 0.6) is 0 Å². The molecule has 1 fully saturated rings. The van der Waals surface area contributed by atoms with Crippen LogP contribution in [0.2, 0.25) is 5.02 Å². The third-order valence-electron chi connectivity index (χ3n) is 3.89. The summed E-state index contributed by atoms with van der Waals surface area (Å²) in [5, 5.41) is 4.12. The predicted molar refractivity (Wildman–Crippen MR) is 78.3 cm³/mol. The molecular formula is C16H17ClN2. The molecule has 1 saturated carbocycles. The van der Waals surface area contributed by atoms with E-state index >= 15 is 0 Å². The van der Waals surface area contributed by atoms with Gasteiger partial charge < -0.3 is 5.32 Å². The summed E-state index contributed by atoms with van der Waals surface area (Å²) in [7, 11) is 1.98. The molecular weight excluding hydrogens is 256 g/mol.